The van der Waals surface area contributed by atoms with Crippen LogP contribution in [0.3, 0.4) is 0 Å². The van der Waals surface area contributed by atoms with Crippen LogP contribution in [0.5, 0.6) is 0 Å². The fourth-order valence-corrected chi connectivity index (χ4v) is 3.27. The molecule has 0 saturated carbocycles. The summed E-state index contributed by atoms with van der Waals surface area (Å²) in [7, 11) is 0. The zero-order valence-electron chi connectivity index (χ0n) is 19.4. The molecule has 0 aliphatic rings. The molecule has 0 aromatic heterocycles. The summed E-state index contributed by atoms with van der Waals surface area (Å²) >= 11 is 0. The minimum Gasteiger partial charge on any atom is -0.381 e. The van der Waals surface area contributed by atoms with E-state index in [0.717, 1.165) is 19.1 Å². The normalized spacial score (nSPS) is 11.9. The van der Waals surface area contributed by atoms with E-state index in [1.807, 2.05) is 0 Å². The van der Waals surface area contributed by atoms with Gasteiger partial charge in [0.25, 0.3) is 0 Å². The van der Waals surface area contributed by atoms with Crippen molar-refractivity contribution >= 4 is 0 Å². The van der Waals surface area contributed by atoms with Gasteiger partial charge in [-0.05, 0) is 25.2 Å². The summed E-state index contributed by atoms with van der Waals surface area (Å²) in [5, 5.41) is 0. The zero-order valence-corrected chi connectivity index (χ0v) is 19.4. The molecule has 0 saturated heterocycles. The maximum atomic E-state index is 5.99. The molecule has 0 amide bonds. The lowest BCUT2D eigenvalue weighted by Crippen LogP contribution is -2.11. The van der Waals surface area contributed by atoms with Crippen LogP contribution in [0.25, 0.3) is 0 Å². The Hall–Kier alpha value is -0.0400. The highest BCUT2D eigenvalue weighted by atomic mass is 16.5. The first-order valence-electron chi connectivity index (χ1n) is 12.3. The summed E-state index contributed by atoms with van der Waals surface area (Å²) < 4.78 is 5.99. The summed E-state index contributed by atoms with van der Waals surface area (Å²) in [5.41, 5.74) is 0. The third kappa shape index (κ3) is 26.2. The van der Waals surface area contributed by atoms with Crippen LogP contribution in [0.1, 0.15) is 144 Å². The van der Waals surface area contributed by atoms with E-state index in [-0.39, 0.29) is 0 Å². The third-order valence-corrected chi connectivity index (χ3v) is 4.93. The van der Waals surface area contributed by atoms with Crippen molar-refractivity contribution in [2.24, 2.45) is 5.92 Å². The molecule has 0 fully saturated rings. The second-order valence-electron chi connectivity index (χ2n) is 8.11. The second kappa shape index (κ2) is 27.2. The summed E-state index contributed by atoms with van der Waals surface area (Å²) in [4.78, 5) is 0. The molecule has 1 unspecified atom stereocenters. The molecule has 0 aliphatic carbocycles. The van der Waals surface area contributed by atoms with Crippen LogP contribution in [-0.2, 0) is 4.74 Å². The number of unbranched alkanes of at least 4 members (excludes halogenated alkanes) is 11. The van der Waals surface area contributed by atoms with Crippen molar-refractivity contribution in [3.05, 3.63) is 0 Å². The van der Waals surface area contributed by atoms with E-state index in [1.54, 1.807) is 0 Å². The lowest BCUT2D eigenvalue weighted by Gasteiger charge is -2.17. The highest BCUT2D eigenvalue weighted by Gasteiger charge is 2.09. The van der Waals surface area contributed by atoms with Gasteiger partial charge in [-0.15, -0.1) is 0 Å². The van der Waals surface area contributed by atoms with Gasteiger partial charge in [0.1, 0.15) is 0 Å². The SMILES string of the molecule is CCC.CCCCCCCCC(CCCCCC)COCCCCCC. The van der Waals surface area contributed by atoms with Crippen LogP contribution in [0.15, 0.2) is 0 Å². The monoisotopic (exact) mass is 370 g/mol. The minimum atomic E-state index is 0.823. The second-order valence-corrected chi connectivity index (χ2v) is 8.11. The molecule has 0 bridgehead atoms. The van der Waals surface area contributed by atoms with E-state index in [1.165, 1.54) is 109 Å². The molecule has 0 aliphatic heterocycles. The topological polar surface area (TPSA) is 9.23 Å². The van der Waals surface area contributed by atoms with Gasteiger partial charge in [-0.25, -0.2) is 0 Å². The van der Waals surface area contributed by atoms with Crippen LogP contribution >= 0.6 is 0 Å². The smallest absolute Gasteiger partial charge is 0.0494 e. The fourth-order valence-electron chi connectivity index (χ4n) is 3.27. The molecule has 0 rings (SSSR count). The lowest BCUT2D eigenvalue weighted by atomic mass is 9.95. The Kier molecular flexibility index (Phi) is 29.5. The molecule has 0 aromatic rings. The van der Waals surface area contributed by atoms with Gasteiger partial charge in [0.05, 0.1) is 0 Å². The Morgan fingerprint density at radius 1 is 0.500 bits per heavy atom. The molecular formula is C25H54O. The van der Waals surface area contributed by atoms with Crippen LogP contribution in [0.2, 0.25) is 0 Å². The first-order valence-corrected chi connectivity index (χ1v) is 12.3. The van der Waals surface area contributed by atoms with E-state index in [2.05, 4.69) is 34.6 Å². The van der Waals surface area contributed by atoms with E-state index in [4.69, 9.17) is 4.74 Å². The van der Waals surface area contributed by atoms with Gasteiger partial charge >= 0.3 is 0 Å². The van der Waals surface area contributed by atoms with Crippen molar-refractivity contribution in [2.75, 3.05) is 13.2 Å². The quantitative estimate of drug-likeness (QED) is 0.206. The van der Waals surface area contributed by atoms with E-state index < -0.39 is 0 Å². The number of ether oxygens (including phenoxy) is 1. The van der Waals surface area contributed by atoms with Gasteiger partial charge in [0.2, 0.25) is 0 Å². The molecular weight excluding hydrogens is 316 g/mol. The highest BCUT2D eigenvalue weighted by molar-refractivity contribution is 4.60. The first kappa shape index (κ1) is 28.2. The van der Waals surface area contributed by atoms with Crippen molar-refractivity contribution in [1.29, 1.82) is 0 Å². The minimum absolute atomic E-state index is 0.823. The Bertz CT molecular complexity index is 198. The van der Waals surface area contributed by atoms with Gasteiger partial charge in [-0.1, -0.05) is 125 Å². The van der Waals surface area contributed by atoms with Crippen molar-refractivity contribution in [1.82, 2.24) is 0 Å². The number of hydrogen-bond acceptors (Lipinski definition) is 1. The first-order chi connectivity index (χ1) is 12.8. The van der Waals surface area contributed by atoms with Gasteiger partial charge in [-0.2, -0.15) is 0 Å². The standard InChI is InChI=1S/C22H46O.C3H8/c1-4-7-10-13-14-16-19-22(18-15-11-8-5-2)21-23-20-17-12-9-6-3;1-3-2/h22H,4-21H2,1-3H3;3H2,1-2H3. The summed E-state index contributed by atoms with van der Waals surface area (Å²) in [6.45, 7) is 13.1. The van der Waals surface area contributed by atoms with Crippen LogP contribution in [-0.4, -0.2) is 13.2 Å². The molecule has 160 valence electrons. The van der Waals surface area contributed by atoms with Crippen molar-refractivity contribution in [3.63, 3.8) is 0 Å². The molecule has 1 heteroatoms. The Morgan fingerprint density at radius 3 is 1.38 bits per heavy atom. The molecule has 0 radical (unpaired) electrons. The van der Waals surface area contributed by atoms with Crippen molar-refractivity contribution in [2.45, 2.75) is 144 Å². The molecule has 0 heterocycles. The molecule has 1 atom stereocenters. The fraction of sp³-hybridized carbons (Fsp3) is 1.00. The number of hydrogen-bond donors (Lipinski definition) is 0. The maximum Gasteiger partial charge on any atom is 0.0494 e. The maximum absolute atomic E-state index is 5.99. The third-order valence-electron chi connectivity index (χ3n) is 4.93. The summed E-state index contributed by atoms with van der Waals surface area (Å²) in [6.07, 6.45) is 23.4. The summed E-state index contributed by atoms with van der Waals surface area (Å²) in [6, 6.07) is 0. The van der Waals surface area contributed by atoms with Crippen molar-refractivity contribution < 1.29 is 4.74 Å². The molecule has 0 aromatic carbocycles. The van der Waals surface area contributed by atoms with E-state index >= 15 is 0 Å². The largest absolute Gasteiger partial charge is 0.381 e. The van der Waals surface area contributed by atoms with Gasteiger partial charge in [0.15, 0.2) is 0 Å². The Balaban J connectivity index is 0. The van der Waals surface area contributed by atoms with Gasteiger partial charge in [0, 0.05) is 13.2 Å². The predicted molar refractivity (Wildman–Crippen MR) is 121 cm³/mol. The van der Waals surface area contributed by atoms with E-state index in [9.17, 15) is 0 Å². The molecule has 26 heavy (non-hydrogen) atoms. The molecule has 0 N–H and O–H groups in total. The van der Waals surface area contributed by atoms with E-state index in [0.29, 0.717) is 0 Å². The average Bonchev–Trinajstić information content (AvgIpc) is 2.64. The lowest BCUT2D eigenvalue weighted by molar-refractivity contribution is 0.0879. The Morgan fingerprint density at radius 2 is 0.885 bits per heavy atom. The average molecular weight is 371 g/mol. The van der Waals surface area contributed by atoms with Crippen LogP contribution in [0, 0.1) is 5.92 Å². The zero-order chi connectivity index (χ0) is 19.7. The Labute approximate surface area is 168 Å². The molecule has 0 spiro atoms. The van der Waals surface area contributed by atoms with Crippen molar-refractivity contribution in [3.8, 4) is 0 Å². The number of rotatable bonds is 19. The molecule has 1 nitrogen and oxygen atoms in total. The van der Waals surface area contributed by atoms with Crippen LogP contribution < -0.4 is 0 Å². The summed E-state index contributed by atoms with van der Waals surface area (Å²) in [5.74, 6) is 0.823. The van der Waals surface area contributed by atoms with Gasteiger partial charge in [-0.3, -0.25) is 0 Å². The predicted octanol–water partition coefficient (Wildman–Crippen LogP) is 9.34. The van der Waals surface area contributed by atoms with Gasteiger partial charge < -0.3 is 4.74 Å². The van der Waals surface area contributed by atoms with Crippen LogP contribution in [0.4, 0.5) is 0 Å². The highest BCUT2D eigenvalue weighted by Crippen LogP contribution is 2.19.